The highest BCUT2D eigenvalue weighted by Gasteiger charge is 2.29. The molecule has 0 saturated carbocycles. The molecule has 2 aliphatic heterocycles. The fourth-order valence-electron chi connectivity index (χ4n) is 3.41. The van der Waals surface area contributed by atoms with Crippen LogP contribution < -0.4 is 4.90 Å². The second kappa shape index (κ2) is 6.86. The molecule has 1 aromatic rings. The number of benzene rings is 1. The molecule has 0 radical (unpaired) electrons. The van der Waals surface area contributed by atoms with Gasteiger partial charge in [-0.25, -0.2) is 0 Å². The van der Waals surface area contributed by atoms with Gasteiger partial charge in [-0.1, -0.05) is 0 Å². The van der Waals surface area contributed by atoms with E-state index in [4.69, 9.17) is 4.74 Å². The Morgan fingerprint density at radius 3 is 2.96 bits per heavy atom. The lowest BCUT2D eigenvalue weighted by atomic mass is 10.0. The number of hydrogen-bond acceptors (Lipinski definition) is 5. The molecule has 1 amide bonds. The van der Waals surface area contributed by atoms with E-state index < -0.39 is 4.92 Å². The van der Waals surface area contributed by atoms with Crippen LogP contribution in [0.5, 0.6) is 0 Å². The minimum absolute atomic E-state index is 0.0470. The molecule has 0 aliphatic carbocycles. The summed E-state index contributed by atoms with van der Waals surface area (Å²) in [5, 5.41) is 10.9. The Morgan fingerprint density at radius 2 is 2.21 bits per heavy atom. The van der Waals surface area contributed by atoms with E-state index in [-0.39, 0.29) is 23.7 Å². The monoisotopic (exact) mass is 333 g/mol. The van der Waals surface area contributed by atoms with Gasteiger partial charge in [-0.2, -0.15) is 0 Å². The maximum absolute atomic E-state index is 12.8. The first-order valence-corrected chi connectivity index (χ1v) is 8.39. The zero-order valence-electron chi connectivity index (χ0n) is 14.1. The summed E-state index contributed by atoms with van der Waals surface area (Å²) in [5.74, 6) is 0.0470. The predicted octanol–water partition coefficient (Wildman–Crippen LogP) is 1.98. The topological polar surface area (TPSA) is 75.9 Å². The molecule has 0 spiro atoms. The maximum atomic E-state index is 12.8. The third kappa shape index (κ3) is 3.42. The first-order chi connectivity index (χ1) is 11.5. The molecule has 130 valence electrons. The molecular weight excluding hydrogens is 310 g/mol. The number of carbonyl (C=O) groups excluding carboxylic acids is 1. The summed E-state index contributed by atoms with van der Waals surface area (Å²) < 4.78 is 5.61. The Balaban J connectivity index is 1.76. The average molecular weight is 333 g/mol. The third-order valence-corrected chi connectivity index (χ3v) is 4.77. The Bertz CT molecular complexity index is 649. The van der Waals surface area contributed by atoms with E-state index in [0.29, 0.717) is 19.7 Å². The summed E-state index contributed by atoms with van der Waals surface area (Å²) in [6.07, 6.45) is 1.73. The van der Waals surface area contributed by atoms with Crippen LogP contribution in [0.2, 0.25) is 0 Å². The van der Waals surface area contributed by atoms with Crippen LogP contribution >= 0.6 is 0 Å². The van der Waals surface area contributed by atoms with Crippen LogP contribution in [0.3, 0.4) is 0 Å². The van der Waals surface area contributed by atoms with E-state index in [0.717, 1.165) is 30.6 Å². The SMILES string of the molecule is C[C@@H]1CN(CC(=O)N2CCCc3cc([N+](=O)[O-])ccc32)[C@@H](C)CO1. The minimum Gasteiger partial charge on any atom is -0.376 e. The van der Waals surface area contributed by atoms with Crippen LogP contribution in [0.4, 0.5) is 11.4 Å². The van der Waals surface area contributed by atoms with Gasteiger partial charge in [0.25, 0.3) is 5.69 Å². The molecule has 0 aromatic heterocycles. The zero-order valence-corrected chi connectivity index (χ0v) is 14.1. The lowest BCUT2D eigenvalue weighted by Gasteiger charge is -2.38. The first-order valence-electron chi connectivity index (χ1n) is 8.39. The molecule has 2 aliphatic rings. The molecule has 7 nitrogen and oxygen atoms in total. The summed E-state index contributed by atoms with van der Waals surface area (Å²) in [4.78, 5) is 27.3. The molecule has 2 heterocycles. The summed E-state index contributed by atoms with van der Waals surface area (Å²) in [6, 6.07) is 4.99. The number of morpholine rings is 1. The molecular formula is C17H23N3O4. The van der Waals surface area contributed by atoms with Gasteiger partial charge >= 0.3 is 0 Å². The van der Waals surface area contributed by atoms with Gasteiger partial charge in [0.15, 0.2) is 0 Å². The molecule has 7 heteroatoms. The van der Waals surface area contributed by atoms with Crippen molar-refractivity contribution < 1.29 is 14.5 Å². The van der Waals surface area contributed by atoms with Crippen LogP contribution in [0.25, 0.3) is 0 Å². The standard InChI is InChI=1S/C17H23N3O4/c1-12-11-24-13(2)9-18(12)10-17(21)19-7-3-4-14-8-15(20(22)23)5-6-16(14)19/h5-6,8,12-13H,3-4,7,9-11H2,1-2H3/t12-,13+/m0/s1. The number of nitro groups is 1. The van der Waals surface area contributed by atoms with Gasteiger partial charge in [0.2, 0.25) is 5.91 Å². The van der Waals surface area contributed by atoms with Crippen molar-refractivity contribution in [2.75, 3.05) is 31.1 Å². The fourth-order valence-corrected chi connectivity index (χ4v) is 3.41. The predicted molar refractivity (Wildman–Crippen MR) is 90.2 cm³/mol. The average Bonchev–Trinajstić information content (AvgIpc) is 2.57. The molecule has 1 fully saturated rings. The van der Waals surface area contributed by atoms with Crippen molar-refractivity contribution in [1.82, 2.24) is 4.90 Å². The van der Waals surface area contributed by atoms with Gasteiger partial charge in [-0.15, -0.1) is 0 Å². The van der Waals surface area contributed by atoms with Gasteiger partial charge in [0.1, 0.15) is 0 Å². The highest BCUT2D eigenvalue weighted by atomic mass is 16.6. The van der Waals surface area contributed by atoms with Gasteiger partial charge in [0.05, 0.1) is 24.2 Å². The van der Waals surface area contributed by atoms with Crippen molar-refractivity contribution in [1.29, 1.82) is 0 Å². The number of nitro benzene ring substituents is 1. The minimum atomic E-state index is -0.391. The number of rotatable bonds is 3. The molecule has 2 atom stereocenters. The number of non-ortho nitro benzene ring substituents is 1. The third-order valence-electron chi connectivity index (χ3n) is 4.77. The normalized spacial score (nSPS) is 24.5. The van der Waals surface area contributed by atoms with Crippen molar-refractivity contribution in [2.45, 2.75) is 38.8 Å². The number of fused-ring (bicyclic) bond motifs is 1. The van der Waals surface area contributed by atoms with Crippen LogP contribution in [0.1, 0.15) is 25.8 Å². The molecule has 1 aromatic carbocycles. The first kappa shape index (κ1) is 16.9. The largest absolute Gasteiger partial charge is 0.376 e. The summed E-state index contributed by atoms with van der Waals surface area (Å²) >= 11 is 0. The van der Waals surface area contributed by atoms with Crippen molar-refractivity contribution in [3.63, 3.8) is 0 Å². The highest BCUT2D eigenvalue weighted by molar-refractivity contribution is 5.96. The number of carbonyl (C=O) groups is 1. The number of amides is 1. The van der Waals surface area contributed by atoms with Gasteiger partial charge in [-0.05, 0) is 38.3 Å². The van der Waals surface area contributed by atoms with E-state index >= 15 is 0 Å². The number of hydrogen-bond donors (Lipinski definition) is 0. The van der Waals surface area contributed by atoms with Crippen LogP contribution in [0.15, 0.2) is 18.2 Å². The Labute approximate surface area is 141 Å². The van der Waals surface area contributed by atoms with E-state index in [1.165, 1.54) is 6.07 Å². The van der Waals surface area contributed by atoms with Crippen molar-refractivity contribution in [3.8, 4) is 0 Å². The summed E-state index contributed by atoms with van der Waals surface area (Å²) in [7, 11) is 0. The van der Waals surface area contributed by atoms with Crippen molar-refractivity contribution in [3.05, 3.63) is 33.9 Å². The lowest BCUT2D eigenvalue weighted by Crippen LogP contribution is -2.52. The van der Waals surface area contributed by atoms with Crippen molar-refractivity contribution in [2.24, 2.45) is 0 Å². The number of ether oxygens (including phenoxy) is 1. The number of nitrogens with zero attached hydrogens (tertiary/aromatic N) is 3. The number of aryl methyl sites for hydroxylation is 1. The Hall–Kier alpha value is -1.99. The van der Waals surface area contributed by atoms with Gasteiger partial charge in [0, 0.05) is 37.0 Å². The fraction of sp³-hybridized carbons (Fsp3) is 0.588. The van der Waals surface area contributed by atoms with Crippen molar-refractivity contribution >= 4 is 17.3 Å². The second-order valence-corrected chi connectivity index (χ2v) is 6.64. The Kier molecular flexibility index (Phi) is 4.82. The molecule has 1 saturated heterocycles. The maximum Gasteiger partial charge on any atom is 0.269 e. The van der Waals surface area contributed by atoms with E-state index in [1.54, 1.807) is 17.0 Å². The van der Waals surface area contributed by atoms with Gasteiger partial charge < -0.3 is 9.64 Å². The second-order valence-electron chi connectivity index (χ2n) is 6.64. The molecule has 24 heavy (non-hydrogen) atoms. The summed E-state index contributed by atoms with van der Waals surface area (Å²) in [5.41, 5.74) is 1.77. The van der Waals surface area contributed by atoms with Crippen LogP contribution in [-0.2, 0) is 16.0 Å². The van der Waals surface area contributed by atoms with E-state index in [2.05, 4.69) is 11.8 Å². The van der Waals surface area contributed by atoms with Crippen LogP contribution in [-0.4, -0.2) is 54.1 Å². The van der Waals surface area contributed by atoms with Gasteiger partial charge in [-0.3, -0.25) is 19.8 Å². The molecule has 0 bridgehead atoms. The molecule has 0 N–H and O–H groups in total. The van der Waals surface area contributed by atoms with E-state index in [1.807, 2.05) is 6.92 Å². The Morgan fingerprint density at radius 1 is 1.42 bits per heavy atom. The smallest absolute Gasteiger partial charge is 0.269 e. The summed E-state index contributed by atoms with van der Waals surface area (Å²) in [6.45, 7) is 6.47. The molecule has 3 rings (SSSR count). The van der Waals surface area contributed by atoms with E-state index in [9.17, 15) is 14.9 Å². The number of anilines is 1. The molecule has 0 unspecified atom stereocenters. The lowest BCUT2D eigenvalue weighted by molar-refractivity contribution is -0.384. The zero-order chi connectivity index (χ0) is 17.3. The quantitative estimate of drug-likeness (QED) is 0.624. The van der Waals surface area contributed by atoms with Crippen LogP contribution in [0, 0.1) is 10.1 Å². The highest BCUT2D eigenvalue weighted by Crippen LogP contribution is 2.30.